The summed E-state index contributed by atoms with van der Waals surface area (Å²) in [6.07, 6.45) is 13.2. The summed E-state index contributed by atoms with van der Waals surface area (Å²) in [4.78, 5) is 11.7. The van der Waals surface area contributed by atoms with Gasteiger partial charge in [-0.05, 0) is 32.6 Å². The first kappa shape index (κ1) is 19.2. The SMILES string of the molecule is C=C(C)C(=O)OC1CCCCC1OCCCCCCCCC. The van der Waals surface area contributed by atoms with E-state index < -0.39 is 0 Å². The Labute approximate surface area is 136 Å². The van der Waals surface area contributed by atoms with Crippen LogP contribution in [0.5, 0.6) is 0 Å². The monoisotopic (exact) mass is 310 g/mol. The minimum atomic E-state index is -0.281. The van der Waals surface area contributed by atoms with E-state index in [4.69, 9.17) is 9.47 Å². The van der Waals surface area contributed by atoms with Crippen LogP contribution in [0.3, 0.4) is 0 Å². The van der Waals surface area contributed by atoms with Crippen LogP contribution in [0.25, 0.3) is 0 Å². The Morgan fingerprint density at radius 1 is 1.00 bits per heavy atom. The molecule has 2 atom stereocenters. The average molecular weight is 310 g/mol. The van der Waals surface area contributed by atoms with E-state index >= 15 is 0 Å². The van der Waals surface area contributed by atoms with Crippen molar-refractivity contribution in [2.45, 2.75) is 96.7 Å². The molecule has 1 fully saturated rings. The zero-order valence-electron chi connectivity index (χ0n) is 14.6. The van der Waals surface area contributed by atoms with Crippen LogP contribution >= 0.6 is 0 Å². The highest BCUT2D eigenvalue weighted by Gasteiger charge is 2.29. The van der Waals surface area contributed by atoms with Gasteiger partial charge in [-0.15, -0.1) is 0 Å². The topological polar surface area (TPSA) is 35.5 Å². The molecule has 0 aromatic carbocycles. The Morgan fingerprint density at radius 3 is 2.23 bits per heavy atom. The molecule has 0 saturated heterocycles. The van der Waals surface area contributed by atoms with Gasteiger partial charge in [0.15, 0.2) is 0 Å². The predicted molar refractivity (Wildman–Crippen MR) is 90.9 cm³/mol. The first-order valence-electron chi connectivity index (χ1n) is 9.13. The maximum Gasteiger partial charge on any atom is 0.333 e. The molecule has 0 bridgehead atoms. The summed E-state index contributed by atoms with van der Waals surface area (Å²) in [5.41, 5.74) is 0.469. The second kappa shape index (κ2) is 11.7. The molecule has 1 rings (SSSR count). The quantitative estimate of drug-likeness (QED) is 0.299. The van der Waals surface area contributed by atoms with Crippen molar-refractivity contribution in [2.75, 3.05) is 6.61 Å². The van der Waals surface area contributed by atoms with Crippen LogP contribution in [0.1, 0.15) is 84.5 Å². The molecule has 2 unspecified atom stereocenters. The van der Waals surface area contributed by atoms with Gasteiger partial charge in [-0.3, -0.25) is 0 Å². The van der Waals surface area contributed by atoms with Crippen molar-refractivity contribution in [2.24, 2.45) is 0 Å². The Morgan fingerprint density at radius 2 is 1.59 bits per heavy atom. The minimum absolute atomic E-state index is 0.0807. The highest BCUT2D eigenvalue weighted by Crippen LogP contribution is 2.25. The maximum atomic E-state index is 11.7. The van der Waals surface area contributed by atoms with Gasteiger partial charge in [-0.2, -0.15) is 0 Å². The van der Waals surface area contributed by atoms with Gasteiger partial charge in [-0.25, -0.2) is 4.79 Å². The van der Waals surface area contributed by atoms with Gasteiger partial charge in [0, 0.05) is 12.2 Å². The van der Waals surface area contributed by atoms with Crippen LogP contribution in [0.2, 0.25) is 0 Å². The second-order valence-corrected chi connectivity index (χ2v) is 6.54. The Kier molecular flexibility index (Phi) is 10.2. The van der Waals surface area contributed by atoms with Crippen LogP contribution in [-0.2, 0) is 14.3 Å². The first-order chi connectivity index (χ1) is 10.6. The van der Waals surface area contributed by atoms with Gasteiger partial charge >= 0.3 is 5.97 Å². The van der Waals surface area contributed by atoms with Crippen molar-refractivity contribution in [1.29, 1.82) is 0 Å². The summed E-state index contributed by atoms with van der Waals surface area (Å²) < 4.78 is 11.5. The van der Waals surface area contributed by atoms with Crippen molar-refractivity contribution in [3.63, 3.8) is 0 Å². The van der Waals surface area contributed by atoms with Gasteiger partial charge in [0.1, 0.15) is 6.10 Å². The Bertz CT molecular complexity index is 325. The van der Waals surface area contributed by atoms with Gasteiger partial charge < -0.3 is 9.47 Å². The molecule has 0 aromatic heterocycles. The summed E-state index contributed by atoms with van der Waals surface area (Å²) >= 11 is 0. The molecule has 0 aliphatic heterocycles. The standard InChI is InChI=1S/C19H34O3/c1-4-5-6-7-8-9-12-15-21-17-13-10-11-14-18(17)22-19(20)16(2)3/h17-18H,2,4-15H2,1,3H3. The number of carbonyl (C=O) groups excluding carboxylic acids is 1. The van der Waals surface area contributed by atoms with E-state index in [-0.39, 0.29) is 18.2 Å². The van der Waals surface area contributed by atoms with Crippen LogP contribution < -0.4 is 0 Å². The van der Waals surface area contributed by atoms with Crippen LogP contribution in [0.15, 0.2) is 12.2 Å². The summed E-state index contributed by atoms with van der Waals surface area (Å²) in [5.74, 6) is -0.281. The van der Waals surface area contributed by atoms with Crippen molar-refractivity contribution in [3.8, 4) is 0 Å². The van der Waals surface area contributed by atoms with E-state index in [1.807, 2.05) is 0 Å². The molecule has 128 valence electrons. The summed E-state index contributed by atoms with van der Waals surface area (Å²) in [6.45, 7) is 8.38. The third-order valence-corrected chi connectivity index (χ3v) is 4.33. The van der Waals surface area contributed by atoms with Crippen LogP contribution in [-0.4, -0.2) is 24.8 Å². The number of unbranched alkanes of at least 4 members (excludes halogenated alkanes) is 6. The largest absolute Gasteiger partial charge is 0.456 e. The molecule has 1 aliphatic carbocycles. The van der Waals surface area contributed by atoms with Gasteiger partial charge in [0.25, 0.3) is 0 Å². The number of ether oxygens (including phenoxy) is 2. The fourth-order valence-corrected chi connectivity index (χ4v) is 2.92. The lowest BCUT2D eigenvalue weighted by Crippen LogP contribution is -2.36. The molecular formula is C19H34O3. The first-order valence-corrected chi connectivity index (χ1v) is 9.13. The Balaban J connectivity index is 2.15. The van der Waals surface area contributed by atoms with Gasteiger partial charge in [-0.1, -0.05) is 58.4 Å². The minimum Gasteiger partial charge on any atom is -0.456 e. The van der Waals surface area contributed by atoms with Crippen LogP contribution in [0, 0.1) is 0 Å². The lowest BCUT2D eigenvalue weighted by molar-refractivity contribution is -0.156. The number of carbonyl (C=O) groups is 1. The molecule has 0 amide bonds. The molecule has 0 aromatic rings. The molecule has 0 heterocycles. The third kappa shape index (κ3) is 7.98. The van der Waals surface area contributed by atoms with E-state index in [0.717, 1.165) is 32.3 Å². The molecule has 0 spiro atoms. The van der Waals surface area contributed by atoms with Crippen molar-refractivity contribution >= 4 is 5.97 Å². The third-order valence-electron chi connectivity index (χ3n) is 4.33. The zero-order valence-corrected chi connectivity index (χ0v) is 14.6. The normalized spacial score (nSPS) is 21.5. The molecular weight excluding hydrogens is 276 g/mol. The van der Waals surface area contributed by atoms with Crippen molar-refractivity contribution in [3.05, 3.63) is 12.2 Å². The molecule has 22 heavy (non-hydrogen) atoms. The van der Waals surface area contributed by atoms with Crippen LogP contribution in [0.4, 0.5) is 0 Å². The summed E-state index contributed by atoms with van der Waals surface area (Å²) in [6, 6.07) is 0. The molecule has 1 saturated carbocycles. The van der Waals surface area contributed by atoms with Crippen molar-refractivity contribution in [1.82, 2.24) is 0 Å². The van der Waals surface area contributed by atoms with E-state index in [1.165, 1.54) is 44.9 Å². The average Bonchev–Trinajstić information content (AvgIpc) is 2.51. The van der Waals surface area contributed by atoms with Gasteiger partial charge in [0.2, 0.25) is 0 Å². The zero-order chi connectivity index (χ0) is 16.2. The van der Waals surface area contributed by atoms with Crippen molar-refractivity contribution < 1.29 is 14.3 Å². The summed E-state index contributed by atoms with van der Waals surface area (Å²) in [7, 11) is 0. The fourth-order valence-electron chi connectivity index (χ4n) is 2.92. The molecule has 0 N–H and O–H groups in total. The molecule has 0 radical (unpaired) electrons. The number of esters is 1. The highest BCUT2D eigenvalue weighted by molar-refractivity contribution is 5.87. The Hall–Kier alpha value is -0.830. The second-order valence-electron chi connectivity index (χ2n) is 6.54. The molecule has 3 heteroatoms. The van der Waals surface area contributed by atoms with E-state index in [9.17, 15) is 4.79 Å². The van der Waals surface area contributed by atoms with Gasteiger partial charge in [0.05, 0.1) is 6.10 Å². The number of hydrogen-bond donors (Lipinski definition) is 0. The number of rotatable bonds is 11. The van der Waals surface area contributed by atoms with E-state index in [1.54, 1.807) is 6.92 Å². The maximum absolute atomic E-state index is 11.7. The summed E-state index contributed by atoms with van der Waals surface area (Å²) in [5, 5.41) is 0. The fraction of sp³-hybridized carbons (Fsp3) is 0.842. The molecule has 1 aliphatic rings. The molecule has 3 nitrogen and oxygen atoms in total. The number of hydrogen-bond acceptors (Lipinski definition) is 3. The lowest BCUT2D eigenvalue weighted by Gasteiger charge is -2.31. The van der Waals surface area contributed by atoms with E-state index in [0.29, 0.717) is 5.57 Å². The highest BCUT2D eigenvalue weighted by atomic mass is 16.6. The van der Waals surface area contributed by atoms with E-state index in [2.05, 4.69) is 13.5 Å². The lowest BCUT2D eigenvalue weighted by atomic mass is 9.94. The smallest absolute Gasteiger partial charge is 0.333 e. The predicted octanol–water partition coefficient (Wildman–Crippen LogP) is 5.18.